The van der Waals surface area contributed by atoms with Gasteiger partial charge in [-0.15, -0.1) is 13.2 Å². The van der Waals surface area contributed by atoms with E-state index >= 15 is 0 Å². The molecule has 0 radical (unpaired) electrons. The van der Waals surface area contributed by atoms with Gasteiger partial charge in [0.15, 0.2) is 0 Å². The van der Waals surface area contributed by atoms with Crippen LogP contribution in [0.1, 0.15) is 49.3 Å². The van der Waals surface area contributed by atoms with Gasteiger partial charge in [0.25, 0.3) is 5.91 Å². The number of fused-ring (bicyclic) bond motifs is 1. The lowest BCUT2D eigenvalue weighted by atomic mass is 9.64. The molecule has 3 fully saturated rings. The fourth-order valence-electron chi connectivity index (χ4n) is 7.84. The Balaban J connectivity index is 1.59. The number of hydrogen-bond acceptors (Lipinski definition) is 5. The van der Waals surface area contributed by atoms with E-state index in [4.69, 9.17) is 4.74 Å². The van der Waals surface area contributed by atoms with Gasteiger partial charge in [0, 0.05) is 38.5 Å². The minimum Gasteiger partial charge on any atom is -0.396 e. The maximum atomic E-state index is 14.8. The van der Waals surface area contributed by atoms with Crippen molar-refractivity contribution in [1.29, 1.82) is 0 Å². The number of ether oxygens (including phenoxy) is 1. The van der Waals surface area contributed by atoms with Gasteiger partial charge >= 0.3 is 0 Å². The van der Waals surface area contributed by atoms with E-state index in [1.165, 1.54) is 0 Å². The Morgan fingerprint density at radius 2 is 1.80 bits per heavy atom. The minimum atomic E-state index is -1.15. The molecule has 8 nitrogen and oxygen atoms in total. The number of amides is 3. The Morgan fingerprint density at radius 3 is 2.45 bits per heavy atom. The third kappa shape index (κ3) is 5.18. The smallest absolute Gasteiger partial charge is 0.253 e. The van der Waals surface area contributed by atoms with Crippen molar-refractivity contribution in [2.45, 2.75) is 70.2 Å². The molecule has 2 unspecified atom stereocenters. The molecule has 0 aliphatic carbocycles. The molecule has 3 heterocycles. The minimum absolute atomic E-state index is 0.123. The van der Waals surface area contributed by atoms with Gasteiger partial charge in [-0.2, -0.15) is 0 Å². The average Bonchev–Trinajstić information content (AvgIpc) is 3.63. The highest BCUT2D eigenvalue weighted by atomic mass is 16.5. The Bertz CT molecular complexity index is 1430. The number of benzene rings is 2. The third-order valence-electron chi connectivity index (χ3n) is 9.85. The van der Waals surface area contributed by atoms with Crippen molar-refractivity contribution in [3.8, 4) is 0 Å². The fraction of sp³-hybridized carbons (Fsp3) is 0.472. The molecule has 5 rings (SSSR count). The van der Waals surface area contributed by atoms with Crippen molar-refractivity contribution in [2.75, 3.05) is 31.1 Å². The molecule has 2 aromatic carbocycles. The summed E-state index contributed by atoms with van der Waals surface area (Å²) in [6.45, 7) is 14.8. The zero-order chi connectivity index (χ0) is 31.6. The van der Waals surface area contributed by atoms with Crippen molar-refractivity contribution in [2.24, 2.45) is 11.8 Å². The van der Waals surface area contributed by atoms with Crippen molar-refractivity contribution in [1.82, 2.24) is 9.80 Å². The maximum absolute atomic E-state index is 14.8. The molecule has 3 saturated heterocycles. The highest BCUT2D eigenvalue weighted by molar-refractivity contribution is 6.05. The molecule has 44 heavy (non-hydrogen) atoms. The summed E-state index contributed by atoms with van der Waals surface area (Å²) in [4.78, 5) is 49.0. The molecule has 0 aromatic heterocycles. The van der Waals surface area contributed by atoms with Crippen molar-refractivity contribution < 1.29 is 24.2 Å². The average molecular weight is 600 g/mol. The predicted octanol–water partition coefficient (Wildman–Crippen LogP) is 4.57. The van der Waals surface area contributed by atoms with E-state index in [1.807, 2.05) is 69.3 Å². The predicted molar refractivity (Wildman–Crippen MR) is 171 cm³/mol. The summed E-state index contributed by atoms with van der Waals surface area (Å²) < 4.78 is 6.99. The van der Waals surface area contributed by atoms with E-state index < -0.39 is 29.1 Å². The number of carbonyl (C=O) groups excluding carboxylic acids is 3. The van der Waals surface area contributed by atoms with Crippen LogP contribution in [0.4, 0.5) is 5.69 Å². The molecular weight excluding hydrogens is 554 g/mol. The van der Waals surface area contributed by atoms with Gasteiger partial charge in [0.2, 0.25) is 11.8 Å². The first-order valence-corrected chi connectivity index (χ1v) is 15.7. The van der Waals surface area contributed by atoms with E-state index in [1.54, 1.807) is 26.9 Å². The monoisotopic (exact) mass is 599 g/mol. The molecule has 3 aliphatic heterocycles. The van der Waals surface area contributed by atoms with Gasteiger partial charge < -0.3 is 24.5 Å². The summed E-state index contributed by atoms with van der Waals surface area (Å²) in [5.41, 5.74) is 1.69. The molecule has 2 bridgehead atoms. The Morgan fingerprint density at radius 1 is 1.07 bits per heavy atom. The fourth-order valence-corrected chi connectivity index (χ4v) is 7.84. The number of likely N-dealkylation sites (tertiary alicyclic amines) is 1. The number of nitrogens with zero attached hydrogens (tertiary/aromatic N) is 3. The molecule has 1 spiro atoms. The van der Waals surface area contributed by atoms with Crippen LogP contribution in [0, 0.1) is 25.7 Å². The molecule has 0 saturated carbocycles. The number of aliphatic hydroxyl groups excluding tert-OH is 1. The second kappa shape index (κ2) is 12.7. The van der Waals surface area contributed by atoms with E-state index in [9.17, 15) is 19.5 Å². The maximum Gasteiger partial charge on any atom is 0.253 e. The Kier molecular flexibility index (Phi) is 9.14. The lowest BCUT2D eigenvalue weighted by Crippen LogP contribution is -2.56. The first kappa shape index (κ1) is 31.7. The van der Waals surface area contributed by atoms with Crippen LogP contribution >= 0.6 is 0 Å². The molecule has 234 valence electrons. The van der Waals surface area contributed by atoms with Crippen LogP contribution in [0.25, 0.3) is 0 Å². The zero-order valence-corrected chi connectivity index (χ0v) is 26.2. The van der Waals surface area contributed by atoms with Gasteiger partial charge in [-0.3, -0.25) is 14.4 Å². The van der Waals surface area contributed by atoms with E-state index in [-0.39, 0.29) is 37.4 Å². The number of carbonyl (C=O) groups is 3. The Labute approximate surface area is 261 Å². The van der Waals surface area contributed by atoms with Crippen LogP contribution in [0.3, 0.4) is 0 Å². The SMILES string of the molecule is C=CCN(Cc1ccccc1)C(=O)[C@H]1[C@H]2C(=O)N(CCCO)C(C(=O)N(CC=C)c3cc(C)ccc3C)C23CC[C@]1(CC)O3. The van der Waals surface area contributed by atoms with Crippen molar-refractivity contribution in [3.63, 3.8) is 0 Å². The number of aryl methyl sites for hydroxylation is 2. The van der Waals surface area contributed by atoms with Crippen LogP contribution in [0.15, 0.2) is 73.8 Å². The first-order chi connectivity index (χ1) is 21.2. The number of hydrogen-bond donors (Lipinski definition) is 1. The van der Waals surface area contributed by atoms with E-state index in [0.29, 0.717) is 38.8 Å². The van der Waals surface area contributed by atoms with Gasteiger partial charge in [-0.25, -0.2) is 0 Å². The molecule has 8 heteroatoms. The van der Waals surface area contributed by atoms with Crippen LogP contribution in [0.2, 0.25) is 0 Å². The second-order valence-corrected chi connectivity index (χ2v) is 12.5. The molecular formula is C36H45N3O5. The van der Waals surface area contributed by atoms with Crippen molar-refractivity contribution >= 4 is 23.4 Å². The summed E-state index contributed by atoms with van der Waals surface area (Å²) in [6.07, 6.45) is 5.34. The standard InChI is InChI=1S/C36H45N3O5/c1-6-19-37(24-27-13-10-9-11-14-27)32(41)29-30-33(42)39(21-12-22-40)31(36(30)18-17-35(29,8-3)44-36)34(43)38(20-7-2)28-23-25(4)15-16-26(28)5/h6-7,9-11,13-16,23,29-31,40H,1-2,8,12,17-22,24H2,3-5H3/t29-,30+,31?,35+,36?/m1/s1. The van der Waals surface area contributed by atoms with Crippen molar-refractivity contribution in [3.05, 3.63) is 90.5 Å². The molecule has 2 aromatic rings. The quantitative estimate of drug-likeness (QED) is 0.341. The Hall–Kier alpha value is -3.75. The number of rotatable bonds is 13. The van der Waals surface area contributed by atoms with Gasteiger partial charge in [0.05, 0.1) is 17.4 Å². The number of anilines is 1. The highest BCUT2D eigenvalue weighted by Gasteiger charge is 2.79. The summed E-state index contributed by atoms with van der Waals surface area (Å²) in [5, 5.41) is 9.75. The lowest BCUT2D eigenvalue weighted by Gasteiger charge is -2.37. The summed E-state index contributed by atoms with van der Waals surface area (Å²) in [5.74, 6) is -2.19. The lowest BCUT2D eigenvalue weighted by molar-refractivity contribution is -0.151. The largest absolute Gasteiger partial charge is 0.396 e. The topological polar surface area (TPSA) is 90.4 Å². The zero-order valence-electron chi connectivity index (χ0n) is 26.2. The van der Waals surface area contributed by atoms with Crippen LogP contribution in [-0.4, -0.2) is 76.1 Å². The highest BCUT2D eigenvalue weighted by Crippen LogP contribution is 2.64. The second-order valence-electron chi connectivity index (χ2n) is 12.5. The number of aliphatic hydroxyl groups is 1. The van der Waals surface area contributed by atoms with E-state index in [0.717, 1.165) is 22.4 Å². The van der Waals surface area contributed by atoms with Crippen LogP contribution < -0.4 is 4.90 Å². The third-order valence-corrected chi connectivity index (χ3v) is 9.85. The molecule has 3 aliphatic rings. The molecule has 3 amide bonds. The van der Waals surface area contributed by atoms with E-state index in [2.05, 4.69) is 13.2 Å². The normalized spacial score (nSPS) is 26.9. The first-order valence-electron chi connectivity index (χ1n) is 15.7. The summed E-state index contributed by atoms with van der Waals surface area (Å²) in [6, 6.07) is 14.8. The molecule has 5 atom stereocenters. The molecule has 1 N–H and O–H groups in total. The van der Waals surface area contributed by atoms with Gasteiger partial charge in [-0.1, -0.05) is 61.5 Å². The summed E-state index contributed by atoms with van der Waals surface area (Å²) in [7, 11) is 0. The van der Waals surface area contributed by atoms with Gasteiger partial charge in [-0.05, 0) is 62.3 Å². The van der Waals surface area contributed by atoms with Crippen LogP contribution in [0.5, 0.6) is 0 Å². The van der Waals surface area contributed by atoms with Gasteiger partial charge in [0.1, 0.15) is 11.6 Å². The summed E-state index contributed by atoms with van der Waals surface area (Å²) >= 11 is 0. The van der Waals surface area contributed by atoms with Crippen LogP contribution in [-0.2, 0) is 25.7 Å².